The number of hydrogen-bond acceptors (Lipinski definition) is 3. The predicted octanol–water partition coefficient (Wildman–Crippen LogP) is 2.92. The van der Waals surface area contributed by atoms with Crippen LogP contribution in [0.4, 0.5) is 5.69 Å². The third-order valence-corrected chi connectivity index (χ3v) is 3.59. The molecule has 0 spiro atoms. The molecule has 2 rings (SSSR count). The molecule has 17 heavy (non-hydrogen) atoms. The summed E-state index contributed by atoms with van der Waals surface area (Å²) in [4.78, 5) is 16.4. The molecule has 2 N–H and O–H groups in total. The normalized spacial score (nSPS) is 28.9. The van der Waals surface area contributed by atoms with Crippen molar-refractivity contribution in [2.24, 2.45) is 17.8 Å². The fourth-order valence-electron chi connectivity index (χ4n) is 2.92. The fourth-order valence-corrected chi connectivity index (χ4v) is 2.92. The largest absolute Gasteiger partial charge is 0.397 e. The van der Waals surface area contributed by atoms with Crippen molar-refractivity contribution in [3.8, 4) is 0 Å². The highest BCUT2D eigenvalue weighted by molar-refractivity contribution is 5.96. The van der Waals surface area contributed by atoms with Crippen molar-refractivity contribution >= 4 is 11.5 Å². The van der Waals surface area contributed by atoms with E-state index in [1.807, 2.05) is 0 Å². The van der Waals surface area contributed by atoms with Gasteiger partial charge >= 0.3 is 0 Å². The molecule has 2 atom stereocenters. The third kappa shape index (κ3) is 2.84. The maximum atomic E-state index is 12.3. The Kier molecular flexibility index (Phi) is 3.46. The minimum absolute atomic E-state index is 0.143. The van der Waals surface area contributed by atoms with Crippen molar-refractivity contribution < 1.29 is 4.79 Å². The molecule has 0 amide bonds. The zero-order chi connectivity index (χ0) is 12.4. The molecule has 0 aromatic carbocycles. The lowest BCUT2D eigenvalue weighted by Crippen LogP contribution is -2.26. The fraction of sp³-hybridized carbons (Fsp3) is 0.571. The number of carbonyl (C=O) groups excluding carboxylic acids is 1. The summed E-state index contributed by atoms with van der Waals surface area (Å²) in [6.07, 6.45) is 4.78. The summed E-state index contributed by atoms with van der Waals surface area (Å²) < 4.78 is 0. The van der Waals surface area contributed by atoms with Crippen LogP contribution in [0.25, 0.3) is 0 Å². The highest BCUT2D eigenvalue weighted by Gasteiger charge is 2.29. The van der Waals surface area contributed by atoms with E-state index in [9.17, 15) is 4.79 Å². The monoisotopic (exact) mass is 232 g/mol. The molecule has 3 heteroatoms. The molecule has 1 aromatic heterocycles. The molecule has 3 nitrogen and oxygen atoms in total. The van der Waals surface area contributed by atoms with Gasteiger partial charge in [-0.3, -0.25) is 9.78 Å². The van der Waals surface area contributed by atoms with E-state index in [4.69, 9.17) is 5.73 Å². The number of aromatic nitrogens is 1. The summed E-state index contributed by atoms with van der Waals surface area (Å²) >= 11 is 0. The lowest BCUT2D eigenvalue weighted by Gasteiger charge is -2.30. The highest BCUT2D eigenvalue weighted by Crippen LogP contribution is 2.34. The Morgan fingerprint density at radius 1 is 1.24 bits per heavy atom. The van der Waals surface area contributed by atoms with Crippen molar-refractivity contribution in [1.82, 2.24) is 4.98 Å². The Labute approximate surface area is 102 Å². The molecule has 1 aliphatic carbocycles. The van der Waals surface area contributed by atoms with Gasteiger partial charge in [-0.25, -0.2) is 0 Å². The highest BCUT2D eigenvalue weighted by atomic mass is 16.1. The first-order valence-electron chi connectivity index (χ1n) is 6.32. The van der Waals surface area contributed by atoms with E-state index in [0.717, 1.165) is 12.8 Å². The van der Waals surface area contributed by atoms with Gasteiger partial charge in [-0.2, -0.15) is 0 Å². The van der Waals surface area contributed by atoms with Gasteiger partial charge in [0.15, 0.2) is 5.78 Å². The Morgan fingerprint density at radius 3 is 2.41 bits per heavy atom. The van der Waals surface area contributed by atoms with Gasteiger partial charge in [-0.1, -0.05) is 13.8 Å². The maximum Gasteiger partial charge on any atom is 0.184 e. The number of anilines is 1. The van der Waals surface area contributed by atoms with Gasteiger partial charge in [-0.15, -0.1) is 0 Å². The molecule has 1 saturated carbocycles. The molecular weight excluding hydrogens is 212 g/mol. The minimum atomic E-state index is 0.143. The van der Waals surface area contributed by atoms with E-state index < -0.39 is 0 Å². The number of nitrogens with two attached hydrogens (primary N) is 1. The van der Waals surface area contributed by atoms with Gasteiger partial charge in [0, 0.05) is 5.92 Å². The first-order valence-corrected chi connectivity index (χ1v) is 6.32. The summed E-state index contributed by atoms with van der Waals surface area (Å²) in [5, 5.41) is 0. The number of nitrogen functional groups attached to an aromatic ring is 1. The third-order valence-electron chi connectivity index (χ3n) is 3.59. The van der Waals surface area contributed by atoms with Gasteiger partial charge in [-0.05, 0) is 43.2 Å². The van der Waals surface area contributed by atoms with Crippen LogP contribution in [0.2, 0.25) is 0 Å². The zero-order valence-electron chi connectivity index (χ0n) is 10.5. The number of Topliss-reactive ketones (excluding diaryl/α,β-unsaturated/α-hetero) is 1. The van der Waals surface area contributed by atoms with Gasteiger partial charge in [0.25, 0.3) is 0 Å². The zero-order valence-corrected chi connectivity index (χ0v) is 10.5. The second-order valence-electron chi connectivity index (χ2n) is 5.46. The van der Waals surface area contributed by atoms with Crippen molar-refractivity contribution in [1.29, 1.82) is 0 Å². The molecule has 1 heterocycles. The van der Waals surface area contributed by atoms with Crippen LogP contribution in [-0.2, 0) is 0 Å². The standard InChI is InChI=1S/C14H20N2O/c1-9-5-10(2)7-11(6-9)14(17)13-4-3-12(15)8-16-13/h3-4,8-11H,5-7,15H2,1-2H3. The smallest absolute Gasteiger partial charge is 0.184 e. The molecule has 2 unspecified atom stereocenters. The van der Waals surface area contributed by atoms with Crippen molar-refractivity contribution in [2.45, 2.75) is 33.1 Å². The Hall–Kier alpha value is -1.38. The van der Waals surface area contributed by atoms with Gasteiger partial charge in [0.05, 0.1) is 11.9 Å². The van der Waals surface area contributed by atoms with Crippen LogP contribution >= 0.6 is 0 Å². The number of rotatable bonds is 2. The molecule has 0 saturated heterocycles. The van der Waals surface area contributed by atoms with E-state index in [0.29, 0.717) is 23.2 Å². The number of hydrogen-bond donors (Lipinski definition) is 1. The van der Waals surface area contributed by atoms with Crippen LogP contribution in [0.1, 0.15) is 43.6 Å². The summed E-state index contributed by atoms with van der Waals surface area (Å²) in [5.41, 5.74) is 6.74. The maximum absolute atomic E-state index is 12.3. The first kappa shape index (κ1) is 12.1. The predicted molar refractivity (Wildman–Crippen MR) is 68.6 cm³/mol. The van der Waals surface area contributed by atoms with Crippen LogP contribution in [0.15, 0.2) is 18.3 Å². The van der Waals surface area contributed by atoms with E-state index >= 15 is 0 Å². The molecule has 0 aliphatic heterocycles. The molecule has 0 bridgehead atoms. The number of carbonyl (C=O) groups is 1. The van der Waals surface area contributed by atoms with E-state index in [-0.39, 0.29) is 11.7 Å². The lowest BCUT2D eigenvalue weighted by atomic mass is 9.74. The van der Waals surface area contributed by atoms with E-state index in [2.05, 4.69) is 18.8 Å². The van der Waals surface area contributed by atoms with E-state index in [1.54, 1.807) is 18.3 Å². The molecule has 1 fully saturated rings. The first-order chi connectivity index (χ1) is 8.06. The second-order valence-corrected chi connectivity index (χ2v) is 5.46. The lowest BCUT2D eigenvalue weighted by molar-refractivity contribution is 0.0831. The van der Waals surface area contributed by atoms with Crippen molar-refractivity contribution in [3.63, 3.8) is 0 Å². The van der Waals surface area contributed by atoms with E-state index in [1.165, 1.54) is 6.42 Å². The quantitative estimate of drug-likeness (QED) is 0.798. The Morgan fingerprint density at radius 2 is 1.88 bits per heavy atom. The van der Waals surface area contributed by atoms with Crippen LogP contribution in [0.5, 0.6) is 0 Å². The van der Waals surface area contributed by atoms with Gasteiger partial charge < -0.3 is 5.73 Å². The number of ketones is 1. The average Bonchev–Trinajstić information content (AvgIpc) is 2.28. The molecule has 1 aliphatic rings. The van der Waals surface area contributed by atoms with Crippen LogP contribution in [-0.4, -0.2) is 10.8 Å². The summed E-state index contributed by atoms with van der Waals surface area (Å²) in [7, 11) is 0. The van der Waals surface area contributed by atoms with Crippen LogP contribution in [0.3, 0.4) is 0 Å². The number of pyridine rings is 1. The van der Waals surface area contributed by atoms with Crippen LogP contribution in [0, 0.1) is 17.8 Å². The Bertz CT molecular complexity index is 389. The molecule has 0 radical (unpaired) electrons. The van der Waals surface area contributed by atoms with Gasteiger partial charge in [0.1, 0.15) is 5.69 Å². The van der Waals surface area contributed by atoms with Crippen molar-refractivity contribution in [2.75, 3.05) is 5.73 Å². The van der Waals surface area contributed by atoms with Crippen molar-refractivity contribution in [3.05, 3.63) is 24.0 Å². The molecular formula is C14H20N2O. The summed E-state index contributed by atoms with van der Waals surface area (Å²) in [5.74, 6) is 1.61. The van der Waals surface area contributed by atoms with Gasteiger partial charge in [0.2, 0.25) is 0 Å². The SMILES string of the molecule is CC1CC(C)CC(C(=O)c2ccc(N)cn2)C1. The average molecular weight is 232 g/mol. The summed E-state index contributed by atoms with van der Waals surface area (Å²) in [6, 6.07) is 3.48. The minimum Gasteiger partial charge on any atom is -0.397 e. The second kappa shape index (κ2) is 4.86. The summed E-state index contributed by atoms with van der Waals surface area (Å²) in [6.45, 7) is 4.46. The molecule has 92 valence electrons. The van der Waals surface area contributed by atoms with Crippen LogP contribution < -0.4 is 5.73 Å². The Balaban J connectivity index is 2.11. The number of nitrogens with zero attached hydrogens (tertiary/aromatic N) is 1. The molecule has 1 aromatic rings. The topological polar surface area (TPSA) is 56.0 Å².